The molecule has 0 N–H and O–H groups in total. The van der Waals surface area contributed by atoms with E-state index in [2.05, 4.69) is 71.7 Å². The van der Waals surface area contributed by atoms with Crippen molar-refractivity contribution in [1.82, 2.24) is 24.9 Å². The second-order valence-corrected chi connectivity index (χ2v) is 12.1. The van der Waals surface area contributed by atoms with Gasteiger partial charge < -0.3 is 4.42 Å². The molecule has 0 aliphatic carbocycles. The van der Waals surface area contributed by atoms with Gasteiger partial charge in [0.1, 0.15) is 5.52 Å². The number of para-hydroxylation sites is 1. The summed E-state index contributed by atoms with van der Waals surface area (Å²) < 4.78 is 6.26. The molecule has 0 aliphatic rings. The highest BCUT2D eigenvalue weighted by Crippen LogP contribution is 2.38. The van der Waals surface area contributed by atoms with Crippen LogP contribution in [0.25, 0.3) is 99.9 Å². The predicted octanol–water partition coefficient (Wildman–Crippen LogP) is 10.7. The Morgan fingerprint density at radius 3 is 2.06 bits per heavy atom. The fourth-order valence-electron chi connectivity index (χ4n) is 6.75. The molecule has 5 heterocycles. The molecule has 0 unspecified atom stereocenters. The lowest BCUT2D eigenvalue weighted by Gasteiger charge is -2.11. The van der Waals surface area contributed by atoms with E-state index in [9.17, 15) is 0 Å². The van der Waals surface area contributed by atoms with Gasteiger partial charge in [-0.1, -0.05) is 91.0 Å². The lowest BCUT2D eigenvalue weighted by Crippen LogP contribution is -1.93. The minimum absolute atomic E-state index is 0.605. The maximum absolute atomic E-state index is 6.26. The molecule has 0 spiro atoms. The Morgan fingerprint density at radius 2 is 1.16 bits per heavy atom. The number of nitrogens with zero attached hydrogens (tertiary/aromatic N) is 5. The summed E-state index contributed by atoms with van der Waals surface area (Å²) >= 11 is 0. The van der Waals surface area contributed by atoms with E-state index in [1.165, 1.54) is 0 Å². The van der Waals surface area contributed by atoms with Crippen molar-refractivity contribution in [3.8, 4) is 45.4 Å². The van der Waals surface area contributed by atoms with Crippen molar-refractivity contribution in [2.75, 3.05) is 0 Å². The van der Waals surface area contributed by atoms with Gasteiger partial charge in [0, 0.05) is 49.8 Å². The third-order valence-electron chi connectivity index (χ3n) is 9.14. The van der Waals surface area contributed by atoms with Crippen molar-refractivity contribution in [2.24, 2.45) is 0 Å². The molecule has 10 aromatic rings. The lowest BCUT2D eigenvalue weighted by molar-refractivity contribution is 0.620. The van der Waals surface area contributed by atoms with E-state index < -0.39 is 0 Å². The van der Waals surface area contributed by atoms with E-state index in [1.807, 2.05) is 85.1 Å². The fourth-order valence-corrected chi connectivity index (χ4v) is 6.75. The second kappa shape index (κ2) is 10.9. The molecule has 0 fully saturated rings. The molecule has 0 amide bonds. The Kier molecular flexibility index (Phi) is 6.08. The first-order valence-corrected chi connectivity index (χ1v) is 16.2. The molecule has 0 radical (unpaired) electrons. The molecule has 5 aromatic carbocycles. The third kappa shape index (κ3) is 4.53. The van der Waals surface area contributed by atoms with E-state index in [4.69, 9.17) is 24.4 Å². The van der Waals surface area contributed by atoms with Gasteiger partial charge in [0.2, 0.25) is 5.89 Å². The molecular weight excluding hydrogens is 603 g/mol. The molecule has 6 nitrogen and oxygen atoms in total. The number of fused-ring (bicyclic) bond motifs is 8. The van der Waals surface area contributed by atoms with Gasteiger partial charge in [-0.3, -0.25) is 4.98 Å². The number of oxazole rings is 1. The number of benzene rings is 5. The normalized spacial score (nSPS) is 11.7. The van der Waals surface area contributed by atoms with Crippen molar-refractivity contribution in [2.45, 2.75) is 0 Å². The average molecular weight is 628 g/mol. The van der Waals surface area contributed by atoms with E-state index in [0.29, 0.717) is 5.89 Å². The lowest BCUT2D eigenvalue weighted by atomic mass is 9.98. The van der Waals surface area contributed by atoms with Crippen LogP contribution >= 0.6 is 0 Å². The summed E-state index contributed by atoms with van der Waals surface area (Å²) in [6.45, 7) is 0. The first-order valence-electron chi connectivity index (χ1n) is 16.2. The first-order chi connectivity index (χ1) is 24.3. The molecule has 0 saturated carbocycles. The minimum atomic E-state index is 0.605. The topological polar surface area (TPSA) is 77.6 Å². The average Bonchev–Trinajstić information content (AvgIpc) is 3.63. The van der Waals surface area contributed by atoms with Crippen LogP contribution in [0.3, 0.4) is 0 Å². The number of rotatable bonds is 4. The Balaban J connectivity index is 1.06. The van der Waals surface area contributed by atoms with E-state index >= 15 is 0 Å². The monoisotopic (exact) mass is 627 g/mol. The van der Waals surface area contributed by atoms with Gasteiger partial charge in [-0.15, -0.1) is 0 Å². The number of hydrogen-bond acceptors (Lipinski definition) is 6. The fraction of sp³-hybridized carbons (Fsp3) is 0. The van der Waals surface area contributed by atoms with E-state index in [1.54, 1.807) is 0 Å². The van der Waals surface area contributed by atoms with Crippen LogP contribution in [-0.4, -0.2) is 24.9 Å². The zero-order valence-corrected chi connectivity index (χ0v) is 26.1. The second-order valence-electron chi connectivity index (χ2n) is 12.1. The summed E-state index contributed by atoms with van der Waals surface area (Å²) in [7, 11) is 0. The molecule has 228 valence electrons. The number of pyridine rings is 4. The van der Waals surface area contributed by atoms with Crippen LogP contribution in [0.5, 0.6) is 0 Å². The van der Waals surface area contributed by atoms with Gasteiger partial charge in [0.05, 0.1) is 39.3 Å². The van der Waals surface area contributed by atoms with Gasteiger partial charge >= 0.3 is 0 Å². The largest absolute Gasteiger partial charge is 0.436 e. The van der Waals surface area contributed by atoms with Crippen LogP contribution in [0.15, 0.2) is 156 Å². The molecule has 0 bridgehead atoms. The highest BCUT2D eigenvalue weighted by Gasteiger charge is 2.18. The molecule has 10 rings (SSSR count). The van der Waals surface area contributed by atoms with Crippen LogP contribution in [0.2, 0.25) is 0 Å². The van der Waals surface area contributed by atoms with Gasteiger partial charge in [0.25, 0.3) is 0 Å². The van der Waals surface area contributed by atoms with E-state index in [-0.39, 0.29) is 0 Å². The van der Waals surface area contributed by atoms with Crippen LogP contribution in [0, 0.1) is 0 Å². The summed E-state index contributed by atoms with van der Waals surface area (Å²) in [5.41, 5.74) is 10.6. The summed E-state index contributed by atoms with van der Waals surface area (Å²) in [4.78, 5) is 24.8. The third-order valence-corrected chi connectivity index (χ3v) is 9.14. The summed E-state index contributed by atoms with van der Waals surface area (Å²) in [5, 5.41) is 5.23. The predicted molar refractivity (Wildman–Crippen MR) is 197 cm³/mol. The smallest absolute Gasteiger partial charge is 0.227 e. The minimum Gasteiger partial charge on any atom is -0.436 e. The molecule has 0 aliphatic heterocycles. The zero-order valence-electron chi connectivity index (χ0n) is 26.1. The zero-order chi connectivity index (χ0) is 32.3. The van der Waals surface area contributed by atoms with Crippen molar-refractivity contribution < 1.29 is 4.42 Å². The molecule has 49 heavy (non-hydrogen) atoms. The Morgan fingerprint density at radius 1 is 0.408 bits per heavy atom. The van der Waals surface area contributed by atoms with Crippen LogP contribution in [0.1, 0.15) is 0 Å². The number of hydrogen-bond donors (Lipinski definition) is 0. The van der Waals surface area contributed by atoms with Crippen molar-refractivity contribution >= 4 is 54.6 Å². The summed E-state index contributed by atoms with van der Waals surface area (Å²) in [6, 6.07) is 49.2. The maximum atomic E-state index is 6.26. The van der Waals surface area contributed by atoms with Crippen LogP contribution in [-0.2, 0) is 0 Å². The van der Waals surface area contributed by atoms with Gasteiger partial charge in [-0.2, -0.15) is 0 Å². The highest BCUT2D eigenvalue weighted by molar-refractivity contribution is 6.20. The van der Waals surface area contributed by atoms with Crippen molar-refractivity contribution in [3.05, 3.63) is 152 Å². The highest BCUT2D eigenvalue weighted by atomic mass is 16.3. The molecule has 0 atom stereocenters. The van der Waals surface area contributed by atoms with Crippen molar-refractivity contribution in [1.29, 1.82) is 0 Å². The summed E-state index contributed by atoms with van der Waals surface area (Å²) in [6.07, 6.45) is 1.81. The molecular formula is C43H25N5O. The standard InChI is InChI=1S/C43H25N5O/c1-2-8-30(9-3-1)43-48-42-37(49-43)24-22-32-38(42)31-11-4-5-12-34(31)46-39(32)28-17-15-26(16-18-28)33-13-6-14-35(45-33)36-23-21-29-20-19-27-10-7-25-44-40(27)41(29)47-36/h1-25H. The Bertz CT molecular complexity index is 2880. The molecule has 0 saturated heterocycles. The molecule has 6 heteroatoms. The SMILES string of the molecule is c1ccc(-c2nc3c(ccc4c(-c5ccc(-c6cccc(-c7ccc8ccc9cccnc9c8n7)n6)cc5)nc5ccccc5c43)o2)cc1. The van der Waals surface area contributed by atoms with E-state index in [0.717, 1.165) is 94.0 Å². The van der Waals surface area contributed by atoms with Crippen molar-refractivity contribution in [3.63, 3.8) is 0 Å². The molecule has 5 aromatic heterocycles. The maximum Gasteiger partial charge on any atom is 0.227 e. The van der Waals surface area contributed by atoms with Crippen LogP contribution < -0.4 is 0 Å². The number of aromatic nitrogens is 5. The van der Waals surface area contributed by atoms with Gasteiger partial charge in [-0.25, -0.2) is 19.9 Å². The van der Waals surface area contributed by atoms with Gasteiger partial charge in [0.15, 0.2) is 5.58 Å². The van der Waals surface area contributed by atoms with Crippen LogP contribution in [0.4, 0.5) is 0 Å². The Labute approximate surface area is 280 Å². The Hall–Kier alpha value is -6.79. The van der Waals surface area contributed by atoms with Gasteiger partial charge in [-0.05, 0) is 54.6 Å². The summed E-state index contributed by atoms with van der Waals surface area (Å²) in [5.74, 6) is 0.605. The quantitative estimate of drug-likeness (QED) is 0.181. The first kappa shape index (κ1) is 27.3.